The molecule has 2 amide bonds. The minimum Gasteiger partial charge on any atom is -0.478 e. The first-order chi connectivity index (χ1) is 11.9. The first-order valence-electron chi connectivity index (χ1n) is 8.35. The number of hydrogen-bond donors (Lipinski definition) is 2. The molecule has 3 heterocycles. The second-order valence-corrected chi connectivity index (χ2v) is 7.00. The van der Waals surface area contributed by atoms with Gasteiger partial charge in [-0.25, -0.2) is 4.68 Å². The van der Waals surface area contributed by atoms with Gasteiger partial charge in [0.2, 0.25) is 11.8 Å². The number of fused-ring (bicyclic) bond motifs is 2. The second kappa shape index (κ2) is 5.34. The summed E-state index contributed by atoms with van der Waals surface area (Å²) >= 11 is 0. The van der Waals surface area contributed by atoms with Crippen LogP contribution in [0.4, 0.5) is 11.4 Å². The van der Waals surface area contributed by atoms with E-state index in [-0.39, 0.29) is 11.8 Å². The van der Waals surface area contributed by atoms with Crippen LogP contribution in [0.2, 0.25) is 0 Å². The van der Waals surface area contributed by atoms with Crippen molar-refractivity contribution in [3.05, 3.63) is 35.0 Å². The molecule has 1 aromatic carbocycles. The van der Waals surface area contributed by atoms with Crippen molar-refractivity contribution in [2.75, 3.05) is 17.2 Å². The molecular weight excluding hydrogens is 320 g/mol. The van der Waals surface area contributed by atoms with Gasteiger partial charge in [-0.3, -0.25) is 9.59 Å². The molecule has 0 aliphatic carbocycles. The van der Waals surface area contributed by atoms with Gasteiger partial charge in [0.25, 0.3) is 5.91 Å². The molecule has 0 atom stereocenters. The largest absolute Gasteiger partial charge is 0.478 e. The Labute approximate surface area is 145 Å². The van der Waals surface area contributed by atoms with Crippen LogP contribution in [0, 0.1) is 6.92 Å². The number of aromatic nitrogens is 2. The molecule has 0 saturated heterocycles. The molecule has 7 heteroatoms. The van der Waals surface area contributed by atoms with E-state index in [2.05, 4.69) is 15.7 Å². The molecule has 2 aliphatic rings. The van der Waals surface area contributed by atoms with Crippen LogP contribution in [0.5, 0.6) is 5.88 Å². The number of ether oxygens (including phenoxy) is 1. The van der Waals surface area contributed by atoms with Crippen molar-refractivity contribution in [1.82, 2.24) is 9.78 Å². The molecule has 4 rings (SSSR count). The standard InChI is InChI=1S/C18H20N4O3/c1-10-14(21-22-7-4-8-25-16(10)22)15(23)19-11-5-6-13-12(9-11)18(2,3)17(24)20-13/h5-6,9H,4,7-8H2,1-3H3,(H,19,23)(H,20,24). The van der Waals surface area contributed by atoms with Gasteiger partial charge in [0.15, 0.2) is 5.69 Å². The van der Waals surface area contributed by atoms with E-state index < -0.39 is 5.41 Å². The van der Waals surface area contributed by atoms with Crippen molar-refractivity contribution in [1.29, 1.82) is 0 Å². The van der Waals surface area contributed by atoms with Crippen LogP contribution in [-0.4, -0.2) is 28.2 Å². The summed E-state index contributed by atoms with van der Waals surface area (Å²) in [4.78, 5) is 24.7. The summed E-state index contributed by atoms with van der Waals surface area (Å²) in [5.41, 5.74) is 2.79. The van der Waals surface area contributed by atoms with Crippen LogP contribution in [0.1, 0.15) is 41.9 Å². The maximum absolute atomic E-state index is 12.7. The molecule has 0 fully saturated rings. The first kappa shape index (κ1) is 15.7. The summed E-state index contributed by atoms with van der Waals surface area (Å²) < 4.78 is 7.35. The fraction of sp³-hybridized carbons (Fsp3) is 0.389. The Hall–Kier alpha value is -2.83. The highest BCUT2D eigenvalue weighted by Crippen LogP contribution is 2.38. The predicted octanol–water partition coefficient (Wildman–Crippen LogP) is 2.46. The van der Waals surface area contributed by atoms with Gasteiger partial charge < -0.3 is 15.4 Å². The molecule has 2 aliphatic heterocycles. The van der Waals surface area contributed by atoms with Crippen molar-refractivity contribution in [3.63, 3.8) is 0 Å². The van der Waals surface area contributed by atoms with Crippen molar-refractivity contribution in [3.8, 4) is 5.88 Å². The highest BCUT2D eigenvalue weighted by atomic mass is 16.5. The third-order valence-electron chi connectivity index (χ3n) is 4.87. The minimum atomic E-state index is -0.618. The number of carbonyl (C=O) groups is 2. The lowest BCUT2D eigenvalue weighted by molar-refractivity contribution is -0.119. The summed E-state index contributed by atoms with van der Waals surface area (Å²) in [5, 5.41) is 10.1. The van der Waals surface area contributed by atoms with E-state index in [1.165, 1.54) is 0 Å². The summed E-state index contributed by atoms with van der Waals surface area (Å²) in [7, 11) is 0. The van der Waals surface area contributed by atoms with E-state index in [0.29, 0.717) is 23.9 Å². The van der Waals surface area contributed by atoms with Gasteiger partial charge in [0.05, 0.1) is 12.0 Å². The lowest BCUT2D eigenvalue weighted by Crippen LogP contribution is -2.27. The van der Waals surface area contributed by atoms with Gasteiger partial charge in [0.1, 0.15) is 0 Å². The van der Waals surface area contributed by atoms with Gasteiger partial charge in [-0.1, -0.05) is 0 Å². The number of hydrogen-bond acceptors (Lipinski definition) is 4. The lowest BCUT2D eigenvalue weighted by atomic mass is 9.86. The number of nitrogens with one attached hydrogen (secondary N) is 2. The SMILES string of the molecule is Cc1c(C(=O)Nc2ccc3c(c2)C(C)(C)C(=O)N3)nn2c1OCCC2. The van der Waals surface area contributed by atoms with Crippen LogP contribution in [0.3, 0.4) is 0 Å². The molecule has 1 aromatic heterocycles. The van der Waals surface area contributed by atoms with Crippen molar-refractivity contribution in [2.24, 2.45) is 0 Å². The number of benzene rings is 1. The van der Waals surface area contributed by atoms with Crippen LogP contribution in [-0.2, 0) is 16.8 Å². The van der Waals surface area contributed by atoms with Gasteiger partial charge in [-0.2, -0.15) is 5.10 Å². The zero-order valence-corrected chi connectivity index (χ0v) is 14.5. The van der Waals surface area contributed by atoms with E-state index in [1.54, 1.807) is 10.7 Å². The van der Waals surface area contributed by atoms with Crippen LogP contribution >= 0.6 is 0 Å². The minimum absolute atomic E-state index is 0.0410. The van der Waals surface area contributed by atoms with Crippen molar-refractivity contribution >= 4 is 23.2 Å². The molecule has 2 aromatic rings. The Morgan fingerprint density at radius 1 is 1.40 bits per heavy atom. The third-order valence-corrected chi connectivity index (χ3v) is 4.87. The Kier molecular flexibility index (Phi) is 3.35. The summed E-state index contributed by atoms with van der Waals surface area (Å²) in [6, 6.07) is 5.43. The van der Waals surface area contributed by atoms with Crippen LogP contribution < -0.4 is 15.4 Å². The number of carbonyl (C=O) groups excluding carboxylic acids is 2. The highest BCUT2D eigenvalue weighted by Gasteiger charge is 2.38. The number of rotatable bonds is 2. The third kappa shape index (κ3) is 2.38. The first-order valence-corrected chi connectivity index (χ1v) is 8.35. The maximum atomic E-state index is 12.7. The van der Waals surface area contributed by atoms with Gasteiger partial charge in [-0.05, 0) is 44.5 Å². The van der Waals surface area contributed by atoms with E-state index >= 15 is 0 Å². The predicted molar refractivity (Wildman–Crippen MR) is 93.1 cm³/mol. The average molecular weight is 340 g/mol. The maximum Gasteiger partial charge on any atom is 0.276 e. The molecule has 0 bridgehead atoms. The average Bonchev–Trinajstić information content (AvgIpc) is 3.03. The highest BCUT2D eigenvalue weighted by molar-refractivity contribution is 6.07. The molecule has 130 valence electrons. The number of nitrogens with zero attached hydrogens (tertiary/aromatic N) is 2. The van der Waals surface area contributed by atoms with E-state index in [4.69, 9.17) is 4.74 Å². The van der Waals surface area contributed by atoms with Gasteiger partial charge in [-0.15, -0.1) is 0 Å². The fourth-order valence-electron chi connectivity index (χ4n) is 3.31. The van der Waals surface area contributed by atoms with Gasteiger partial charge in [0, 0.05) is 29.9 Å². The lowest BCUT2D eigenvalue weighted by Gasteiger charge is -2.16. The molecule has 0 saturated carbocycles. The molecular formula is C18H20N4O3. The Bertz CT molecular complexity index is 898. The second-order valence-electron chi connectivity index (χ2n) is 7.00. The normalized spacial score (nSPS) is 17.3. The zero-order valence-electron chi connectivity index (χ0n) is 14.5. The quantitative estimate of drug-likeness (QED) is 0.879. The number of anilines is 2. The Morgan fingerprint density at radius 3 is 2.96 bits per heavy atom. The summed E-state index contributed by atoms with van der Waals surface area (Å²) in [6.45, 7) is 6.97. The van der Waals surface area contributed by atoms with Crippen LogP contribution in [0.25, 0.3) is 0 Å². The number of amides is 2. The van der Waals surface area contributed by atoms with Crippen molar-refractivity contribution < 1.29 is 14.3 Å². The molecule has 25 heavy (non-hydrogen) atoms. The van der Waals surface area contributed by atoms with E-state index in [9.17, 15) is 9.59 Å². The fourth-order valence-corrected chi connectivity index (χ4v) is 3.31. The van der Waals surface area contributed by atoms with Crippen molar-refractivity contribution in [2.45, 2.75) is 39.2 Å². The molecule has 0 unspecified atom stereocenters. The zero-order chi connectivity index (χ0) is 17.8. The molecule has 2 N–H and O–H groups in total. The molecule has 0 radical (unpaired) electrons. The summed E-state index contributed by atoms with van der Waals surface area (Å²) in [6.07, 6.45) is 0.885. The van der Waals surface area contributed by atoms with Crippen LogP contribution in [0.15, 0.2) is 18.2 Å². The van der Waals surface area contributed by atoms with Gasteiger partial charge >= 0.3 is 0 Å². The van der Waals surface area contributed by atoms with E-state index in [1.807, 2.05) is 32.9 Å². The summed E-state index contributed by atoms with van der Waals surface area (Å²) in [5.74, 6) is 0.347. The Morgan fingerprint density at radius 2 is 2.20 bits per heavy atom. The number of aryl methyl sites for hydroxylation is 1. The monoisotopic (exact) mass is 340 g/mol. The smallest absolute Gasteiger partial charge is 0.276 e. The Balaban J connectivity index is 1.62. The topological polar surface area (TPSA) is 85.3 Å². The van der Waals surface area contributed by atoms with E-state index in [0.717, 1.165) is 29.8 Å². The molecule has 7 nitrogen and oxygen atoms in total. The molecule has 0 spiro atoms.